The van der Waals surface area contributed by atoms with Gasteiger partial charge in [0.15, 0.2) is 0 Å². The molecule has 1 aromatic rings. The molecule has 1 N–H and O–H groups in total. The Balaban J connectivity index is 1.30. The Bertz CT molecular complexity index is 709. The van der Waals surface area contributed by atoms with Gasteiger partial charge in [-0.2, -0.15) is 0 Å². The number of halogens is 1. The van der Waals surface area contributed by atoms with Crippen LogP contribution in [-0.2, 0) is 9.47 Å². The van der Waals surface area contributed by atoms with Gasteiger partial charge in [-0.15, -0.1) is 0 Å². The Morgan fingerprint density at radius 1 is 1.06 bits per heavy atom. The number of β-amino-alcohol motifs (C(OH)–C–C–N with tert-alkyl or cyclic N) is 1. The molecule has 0 bridgehead atoms. The van der Waals surface area contributed by atoms with Crippen LogP contribution in [0.5, 0.6) is 0 Å². The second-order valence-corrected chi connectivity index (χ2v) is 8.98. The SMILES string of the molecule is O=C(c1ccc(F)cc1)N(CC1CC1)C[C@H]1CN(C[C@H](O)CN2CCOCC2)CCO1. The molecule has 4 rings (SSSR count). The number of hydrogen-bond donors (Lipinski definition) is 1. The third-order valence-electron chi connectivity index (χ3n) is 6.24. The number of hydrogen-bond acceptors (Lipinski definition) is 6. The summed E-state index contributed by atoms with van der Waals surface area (Å²) in [5.41, 5.74) is 0.510. The number of ether oxygens (including phenoxy) is 2. The zero-order chi connectivity index (χ0) is 21.6. The maximum atomic E-state index is 13.3. The van der Waals surface area contributed by atoms with Gasteiger partial charge in [0.25, 0.3) is 5.91 Å². The van der Waals surface area contributed by atoms with Crippen molar-refractivity contribution in [3.8, 4) is 0 Å². The Hall–Kier alpha value is -1.58. The van der Waals surface area contributed by atoms with Gasteiger partial charge in [0.1, 0.15) is 5.82 Å². The number of aliphatic hydroxyl groups is 1. The van der Waals surface area contributed by atoms with Crippen LogP contribution in [0.1, 0.15) is 23.2 Å². The summed E-state index contributed by atoms with van der Waals surface area (Å²) < 4.78 is 24.6. The number of carbonyl (C=O) groups excluding carboxylic acids is 1. The van der Waals surface area contributed by atoms with Crippen molar-refractivity contribution in [3.05, 3.63) is 35.6 Å². The molecule has 3 aliphatic rings. The van der Waals surface area contributed by atoms with E-state index in [4.69, 9.17) is 9.47 Å². The zero-order valence-corrected chi connectivity index (χ0v) is 18.1. The van der Waals surface area contributed by atoms with E-state index in [1.807, 2.05) is 4.90 Å². The first-order valence-corrected chi connectivity index (χ1v) is 11.4. The molecule has 2 heterocycles. The number of nitrogens with zero attached hydrogens (tertiary/aromatic N) is 3. The Kier molecular flexibility index (Phi) is 7.90. The smallest absolute Gasteiger partial charge is 0.253 e. The van der Waals surface area contributed by atoms with Crippen LogP contribution in [0.2, 0.25) is 0 Å². The van der Waals surface area contributed by atoms with E-state index in [9.17, 15) is 14.3 Å². The fraction of sp³-hybridized carbons (Fsp3) is 0.696. The summed E-state index contributed by atoms with van der Waals surface area (Å²) >= 11 is 0. The Morgan fingerprint density at radius 2 is 1.74 bits per heavy atom. The van der Waals surface area contributed by atoms with E-state index < -0.39 is 6.10 Å². The minimum Gasteiger partial charge on any atom is -0.390 e. The average molecular weight is 436 g/mol. The quantitative estimate of drug-likeness (QED) is 0.626. The first-order valence-electron chi connectivity index (χ1n) is 11.4. The lowest BCUT2D eigenvalue weighted by Crippen LogP contribution is -2.52. The van der Waals surface area contributed by atoms with Crippen molar-refractivity contribution in [2.24, 2.45) is 5.92 Å². The van der Waals surface area contributed by atoms with Gasteiger partial charge < -0.3 is 19.5 Å². The molecule has 2 atom stereocenters. The molecule has 0 spiro atoms. The summed E-state index contributed by atoms with van der Waals surface area (Å²) in [5, 5.41) is 10.5. The molecular weight excluding hydrogens is 401 g/mol. The van der Waals surface area contributed by atoms with E-state index in [2.05, 4.69) is 9.80 Å². The van der Waals surface area contributed by atoms with Gasteiger partial charge in [-0.1, -0.05) is 0 Å². The third-order valence-corrected chi connectivity index (χ3v) is 6.24. The van der Waals surface area contributed by atoms with Gasteiger partial charge in [-0.05, 0) is 43.0 Å². The number of rotatable bonds is 9. The van der Waals surface area contributed by atoms with Crippen LogP contribution in [0.25, 0.3) is 0 Å². The van der Waals surface area contributed by atoms with Crippen LogP contribution in [0.15, 0.2) is 24.3 Å². The molecule has 1 aromatic carbocycles. The first kappa shape index (κ1) is 22.6. The van der Waals surface area contributed by atoms with Crippen LogP contribution in [0, 0.1) is 11.7 Å². The molecule has 0 radical (unpaired) electrons. The van der Waals surface area contributed by atoms with Gasteiger partial charge >= 0.3 is 0 Å². The molecule has 8 heteroatoms. The minimum atomic E-state index is -0.416. The molecule has 2 aliphatic heterocycles. The van der Waals surface area contributed by atoms with Gasteiger partial charge in [-0.3, -0.25) is 14.6 Å². The maximum absolute atomic E-state index is 13.3. The van der Waals surface area contributed by atoms with E-state index in [-0.39, 0.29) is 17.8 Å². The lowest BCUT2D eigenvalue weighted by Gasteiger charge is -2.37. The molecule has 31 heavy (non-hydrogen) atoms. The molecule has 2 saturated heterocycles. The van der Waals surface area contributed by atoms with Crippen molar-refractivity contribution >= 4 is 5.91 Å². The standard InChI is InChI=1S/C23H34FN3O4/c24-20-5-3-19(4-6-20)23(29)27(13-18-1-2-18)17-22-16-26(9-12-31-22)15-21(28)14-25-7-10-30-11-8-25/h3-6,18,21-22,28H,1-2,7-17H2/t21-,22-/m1/s1. The summed E-state index contributed by atoms with van der Waals surface area (Å²) in [6.45, 7) is 7.75. The molecule has 1 aliphatic carbocycles. The second-order valence-electron chi connectivity index (χ2n) is 8.98. The lowest BCUT2D eigenvalue weighted by atomic mass is 10.1. The summed E-state index contributed by atoms with van der Waals surface area (Å²) in [6, 6.07) is 5.76. The monoisotopic (exact) mass is 435 g/mol. The van der Waals surface area contributed by atoms with E-state index in [1.54, 1.807) is 12.1 Å². The van der Waals surface area contributed by atoms with Crippen LogP contribution >= 0.6 is 0 Å². The van der Waals surface area contributed by atoms with Gasteiger partial charge in [0, 0.05) is 57.9 Å². The van der Waals surface area contributed by atoms with Crippen molar-refractivity contribution < 1.29 is 23.8 Å². The van der Waals surface area contributed by atoms with Crippen LogP contribution in [0.3, 0.4) is 0 Å². The van der Waals surface area contributed by atoms with E-state index >= 15 is 0 Å². The topological polar surface area (TPSA) is 65.5 Å². The predicted octanol–water partition coefficient (Wildman–Crippen LogP) is 1.07. The molecule has 1 amide bonds. The Labute approximate surface area is 183 Å². The maximum Gasteiger partial charge on any atom is 0.253 e. The van der Waals surface area contributed by atoms with Crippen molar-refractivity contribution in [3.63, 3.8) is 0 Å². The molecular formula is C23H34FN3O4. The average Bonchev–Trinajstić information content (AvgIpc) is 3.58. The van der Waals surface area contributed by atoms with Crippen molar-refractivity contribution in [1.82, 2.24) is 14.7 Å². The highest BCUT2D eigenvalue weighted by Gasteiger charge is 2.31. The number of morpholine rings is 2. The zero-order valence-electron chi connectivity index (χ0n) is 18.1. The van der Waals surface area contributed by atoms with E-state index in [0.29, 0.717) is 44.3 Å². The molecule has 7 nitrogen and oxygen atoms in total. The number of benzene rings is 1. The molecule has 3 fully saturated rings. The van der Waals surface area contributed by atoms with E-state index in [0.717, 1.165) is 52.2 Å². The molecule has 0 aromatic heterocycles. The van der Waals surface area contributed by atoms with Crippen LogP contribution in [-0.4, -0.2) is 110 Å². The van der Waals surface area contributed by atoms with Gasteiger partial charge in [-0.25, -0.2) is 4.39 Å². The minimum absolute atomic E-state index is 0.0695. The Morgan fingerprint density at radius 3 is 2.45 bits per heavy atom. The highest BCUT2D eigenvalue weighted by molar-refractivity contribution is 5.94. The van der Waals surface area contributed by atoms with Crippen molar-refractivity contribution in [2.75, 3.05) is 72.2 Å². The first-order chi connectivity index (χ1) is 15.1. The number of aliphatic hydroxyl groups excluding tert-OH is 1. The fourth-order valence-electron chi connectivity index (χ4n) is 4.37. The summed E-state index contributed by atoms with van der Waals surface area (Å²) in [6.07, 6.45) is 1.80. The summed E-state index contributed by atoms with van der Waals surface area (Å²) in [7, 11) is 0. The molecule has 1 saturated carbocycles. The number of amides is 1. The predicted molar refractivity (Wildman–Crippen MR) is 114 cm³/mol. The second kappa shape index (κ2) is 10.8. The fourth-order valence-corrected chi connectivity index (χ4v) is 4.37. The molecule has 0 unspecified atom stereocenters. The van der Waals surface area contributed by atoms with Crippen molar-refractivity contribution in [1.29, 1.82) is 0 Å². The summed E-state index contributed by atoms with van der Waals surface area (Å²) in [4.78, 5) is 19.4. The van der Waals surface area contributed by atoms with Crippen molar-refractivity contribution in [2.45, 2.75) is 25.0 Å². The highest BCUT2D eigenvalue weighted by Crippen LogP contribution is 2.30. The van der Waals surface area contributed by atoms with Crippen LogP contribution < -0.4 is 0 Å². The lowest BCUT2D eigenvalue weighted by molar-refractivity contribution is -0.0557. The normalized spacial score (nSPS) is 24.1. The van der Waals surface area contributed by atoms with Gasteiger partial charge in [0.2, 0.25) is 0 Å². The largest absolute Gasteiger partial charge is 0.390 e. The third kappa shape index (κ3) is 6.95. The van der Waals surface area contributed by atoms with Crippen LogP contribution in [0.4, 0.5) is 4.39 Å². The van der Waals surface area contributed by atoms with Gasteiger partial charge in [0.05, 0.1) is 32.0 Å². The highest BCUT2D eigenvalue weighted by atomic mass is 19.1. The number of carbonyl (C=O) groups is 1. The molecule has 172 valence electrons. The summed E-state index contributed by atoms with van der Waals surface area (Å²) in [5.74, 6) is 0.145. The van der Waals surface area contributed by atoms with E-state index in [1.165, 1.54) is 12.1 Å².